The van der Waals surface area contributed by atoms with E-state index in [1.807, 2.05) is 72.2 Å². The molecular formula is C27H26N2O4. The number of benzene rings is 3. The fraction of sp³-hybridized carbons (Fsp3) is 0.259. The highest BCUT2D eigenvalue weighted by molar-refractivity contribution is 6.11. The largest absolute Gasteiger partial charge is 0.493 e. The van der Waals surface area contributed by atoms with Gasteiger partial charge in [0, 0.05) is 36.1 Å². The molecule has 33 heavy (non-hydrogen) atoms. The van der Waals surface area contributed by atoms with Gasteiger partial charge in [-0.15, -0.1) is 0 Å². The van der Waals surface area contributed by atoms with Crippen molar-refractivity contribution in [1.29, 1.82) is 0 Å². The Morgan fingerprint density at radius 2 is 1.73 bits per heavy atom. The molecule has 0 aliphatic carbocycles. The summed E-state index contributed by atoms with van der Waals surface area (Å²) in [6, 6.07) is 19.7. The van der Waals surface area contributed by atoms with Crippen LogP contribution in [0.3, 0.4) is 0 Å². The Bertz CT molecular complexity index is 1370. The van der Waals surface area contributed by atoms with E-state index in [0.717, 1.165) is 32.9 Å². The molecule has 1 N–H and O–H groups in total. The number of hydrogen-bond acceptors (Lipinski definition) is 4. The van der Waals surface area contributed by atoms with Gasteiger partial charge in [0.25, 0.3) is 0 Å². The molecule has 5 rings (SSSR count). The van der Waals surface area contributed by atoms with Crippen LogP contribution in [-0.4, -0.2) is 46.0 Å². The Morgan fingerprint density at radius 1 is 0.970 bits per heavy atom. The molecule has 6 heteroatoms. The second kappa shape index (κ2) is 8.71. The molecular weight excluding hydrogens is 416 g/mol. The first-order chi connectivity index (χ1) is 16.1. The fourth-order valence-corrected chi connectivity index (χ4v) is 5.00. The molecule has 1 aliphatic rings. The molecule has 0 bridgehead atoms. The normalized spacial score (nSPS) is 13.8. The summed E-state index contributed by atoms with van der Waals surface area (Å²) in [7, 11) is 0. The van der Waals surface area contributed by atoms with Crippen LogP contribution < -0.4 is 4.74 Å². The van der Waals surface area contributed by atoms with Crippen LogP contribution in [-0.2, 0) is 24.3 Å². The third-order valence-corrected chi connectivity index (χ3v) is 6.37. The molecule has 0 radical (unpaired) electrons. The lowest BCUT2D eigenvalue weighted by Crippen LogP contribution is -2.35. The molecule has 0 amide bonds. The predicted octanol–water partition coefficient (Wildman–Crippen LogP) is 4.52. The second-order valence-corrected chi connectivity index (χ2v) is 8.40. The zero-order valence-corrected chi connectivity index (χ0v) is 18.6. The number of aromatic nitrogens is 1. The van der Waals surface area contributed by atoms with Crippen LogP contribution in [0.15, 0.2) is 60.7 Å². The van der Waals surface area contributed by atoms with Crippen LogP contribution in [0, 0.1) is 0 Å². The van der Waals surface area contributed by atoms with Gasteiger partial charge in [-0.05, 0) is 35.4 Å². The number of aliphatic carboxylic acids is 1. The number of carbonyl (C=O) groups excluding carboxylic acids is 1. The van der Waals surface area contributed by atoms with Crippen molar-refractivity contribution in [3.8, 4) is 5.75 Å². The molecule has 0 spiro atoms. The number of fused-ring (bicyclic) bond motifs is 4. The van der Waals surface area contributed by atoms with E-state index in [2.05, 4.69) is 4.90 Å². The summed E-state index contributed by atoms with van der Waals surface area (Å²) < 4.78 is 7.72. The quantitative estimate of drug-likeness (QED) is 0.426. The number of para-hydroxylation sites is 1. The average molecular weight is 443 g/mol. The first-order valence-corrected chi connectivity index (χ1v) is 11.3. The summed E-state index contributed by atoms with van der Waals surface area (Å²) >= 11 is 0. The molecule has 168 valence electrons. The van der Waals surface area contributed by atoms with E-state index in [1.54, 1.807) is 0 Å². The van der Waals surface area contributed by atoms with Crippen LogP contribution in [0.1, 0.15) is 28.5 Å². The van der Waals surface area contributed by atoms with E-state index in [1.165, 1.54) is 0 Å². The minimum atomic E-state index is -0.851. The van der Waals surface area contributed by atoms with Gasteiger partial charge in [-0.25, -0.2) is 0 Å². The van der Waals surface area contributed by atoms with E-state index in [9.17, 15) is 14.7 Å². The van der Waals surface area contributed by atoms with Gasteiger partial charge in [0.1, 0.15) is 12.3 Å². The number of ketones is 1. The SMILES string of the molecule is CCOc1ccc2ccccc2c1C(=O)CN1CCc2c(c3ccccc3n2CC(=O)O)C1. The molecule has 1 aliphatic heterocycles. The molecule has 2 heterocycles. The van der Waals surface area contributed by atoms with Gasteiger partial charge in [-0.1, -0.05) is 48.5 Å². The zero-order chi connectivity index (χ0) is 22.9. The molecule has 0 unspecified atom stereocenters. The first-order valence-electron chi connectivity index (χ1n) is 11.3. The maximum atomic E-state index is 13.5. The Kier molecular flexibility index (Phi) is 5.60. The third kappa shape index (κ3) is 3.87. The van der Waals surface area contributed by atoms with Gasteiger partial charge < -0.3 is 14.4 Å². The molecule has 6 nitrogen and oxygen atoms in total. The lowest BCUT2D eigenvalue weighted by Gasteiger charge is -2.28. The Hall–Kier alpha value is -3.64. The number of carboxylic acids is 1. The highest BCUT2D eigenvalue weighted by atomic mass is 16.5. The smallest absolute Gasteiger partial charge is 0.323 e. The van der Waals surface area contributed by atoms with Crippen molar-refractivity contribution in [1.82, 2.24) is 9.47 Å². The summed E-state index contributed by atoms with van der Waals surface area (Å²) in [5, 5.41) is 12.4. The van der Waals surface area contributed by atoms with E-state index < -0.39 is 5.97 Å². The minimum Gasteiger partial charge on any atom is -0.493 e. The maximum Gasteiger partial charge on any atom is 0.323 e. The van der Waals surface area contributed by atoms with Crippen molar-refractivity contribution in [3.63, 3.8) is 0 Å². The summed E-state index contributed by atoms with van der Waals surface area (Å²) in [5.41, 5.74) is 3.75. The lowest BCUT2D eigenvalue weighted by atomic mass is 9.98. The Balaban J connectivity index is 1.47. The highest BCUT2D eigenvalue weighted by Gasteiger charge is 2.27. The Labute approximate surface area is 192 Å². The highest BCUT2D eigenvalue weighted by Crippen LogP contribution is 2.32. The average Bonchev–Trinajstić information content (AvgIpc) is 3.11. The van der Waals surface area contributed by atoms with Crippen LogP contribution in [0.2, 0.25) is 0 Å². The van der Waals surface area contributed by atoms with Gasteiger partial charge in [0.2, 0.25) is 0 Å². The minimum absolute atomic E-state index is 0.0352. The number of rotatable bonds is 7. The van der Waals surface area contributed by atoms with Crippen molar-refractivity contribution in [2.75, 3.05) is 19.7 Å². The molecule has 4 aromatic rings. The van der Waals surface area contributed by atoms with Crippen LogP contribution >= 0.6 is 0 Å². The molecule has 0 fully saturated rings. The van der Waals surface area contributed by atoms with E-state index in [4.69, 9.17) is 4.74 Å². The standard InChI is InChI=1S/C27H26N2O4/c1-2-33-25-12-11-18-7-3-4-8-19(18)27(25)24(30)16-28-14-13-23-21(15-28)20-9-5-6-10-22(20)29(23)17-26(31)32/h3-12H,2,13-17H2,1H3,(H,31,32). The molecule has 3 aromatic carbocycles. The Morgan fingerprint density at radius 3 is 2.52 bits per heavy atom. The summed E-state index contributed by atoms with van der Waals surface area (Å²) in [5.74, 6) is -0.194. The molecule has 0 atom stereocenters. The molecule has 0 saturated heterocycles. The van der Waals surface area contributed by atoms with Gasteiger partial charge in [0.15, 0.2) is 5.78 Å². The van der Waals surface area contributed by atoms with Gasteiger partial charge in [-0.3, -0.25) is 14.5 Å². The number of Topliss-reactive ketones (excluding diaryl/α,β-unsaturated/α-hetero) is 1. The van der Waals surface area contributed by atoms with Crippen LogP contribution in [0.25, 0.3) is 21.7 Å². The third-order valence-electron chi connectivity index (χ3n) is 6.37. The van der Waals surface area contributed by atoms with Crippen LogP contribution in [0.4, 0.5) is 0 Å². The van der Waals surface area contributed by atoms with Crippen molar-refractivity contribution in [3.05, 3.63) is 77.5 Å². The van der Waals surface area contributed by atoms with Gasteiger partial charge >= 0.3 is 5.97 Å². The van der Waals surface area contributed by atoms with Gasteiger partial charge in [0.05, 0.1) is 18.7 Å². The molecule has 0 saturated carbocycles. The van der Waals surface area contributed by atoms with Crippen LogP contribution in [0.5, 0.6) is 5.75 Å². The lowest BCUT2D eigenvalue weighted by molar-refractivity contribution is -0.137. The number of ether oxygens (including phenoxy) is 1. The maximum absolute atomic E-state index is 13.5. The zero-order valence-electron chi connectivity index (χ0n) is 18.6. The summed E-state index contributed by atoms with van der Waals surface area (Å²) in [6.07, 6.45) is 0.707. The molecule has 1 aromatic heterocycles. The van der Waals surface area contributed by atoms with Crippen molar-refractivity contribution < 1.29 is 19.4 Å². The number of carboxylic acid groups (broad SMARTS) is 1. The van der Waals surface area contributed by atoms with Crippen molar-refractivity contribution in [2.24, 2.45) is 0 Å². The van der Waals surface area contributed by atoms with E-state index >= 15 is 0 Å². The fourth-order valence-electron chi connectivity index (χ4n) is 5.00. The van der Waals surface area contributed by atoms with E-state index in [-0.39, 0.29) is 18.9 Å². The van der Waals surface area contributed by atoms with E-state index in [0.29, 0.717) is 37.4 Å². The van der Waals surface area contributed by atoms with Gasteiger partial charge in [-0.2, -0.15) is 0 Å². The second-order valence-electron chi connectivity index (χ2n) is 8.40. The number of hydrogen-bond donors (Lipinski definition) is 1. The first kappa shape index (κ1) is 21.2. The summed E-state index contributed by atoms with van der Waals surface area (Å²) in [4.78, 5) is 27.2. The summed E-state index contributed by atoms with van der Waals surface area (Å²) in [6.45, 7) is 3.96. The van der Waals surface area contributed by atoms with Crippen molar-refractivity contribution in [2.45, 2.75) is 26.4 Å². The number of carbonyl (C=O) groups is 2. The predicted molar refractivity (Wildman–Crippen MR) is 128 cm³/mol. The number of nitrogens with zero attached hydrogens (tertiary/aromatic N) is 2. The topological polar surface area (TPSA) is 71.8 Å². The monoisotopic (exact) mass is 442 g/mol. The van der Waals surface area contributed by atoms with Crippen molar-refractivity contribution >= 4 is 33.4 Å².